The van der Waals surface area contributed by atoms with Crippen LogP contribution < -0.4 is 10.1 Å². The molecule has 0 unspecified atom stereocenters. The molecule has 22 heavy (non-hydrogen) atoms. The van der Waals surface area contributed by atoms with Crippen LogP contribution in [-0.2, 0) is 16.3 Å². The Morgan fingerprint density at radius 1 is 1.32 bits per heavy atom. The lowest BCUT2D eigenvalue weighted by Gasteiger charge is -2.10. The second kappa shape index (κ2) is 7.60. The first kappa shape index (κ1) is 16.8. The smallest absolute Gasteiger partial charge is 0.187 e. The minimum absolute atomic E-state index is 0.117. The molecule has 1 N–H and O–H groups in total. The normalized spacial score (nSPS) is 11.4. The predicted octanol–water partition coefficient (Wildman–Crippen LogP) is 3.26. The molecule has 0 aliphatic rings. The third kappa shape index (κ3) is 5.31. The quantitative estimate of drug-likeness (QED) is 0.799. The maximum Gasteiger partial charge on any atom is 0.187 e. The van der Waals surface area contributed by atoms with Gasteiger partial charge >= 0.3 is 0 Å². The van der Waals surface area contributed by atoms with Gasteiger partial charge in [0.05, 0.1) is 23.7 Å². The zero-order valence-corrected chi connectivity index (χ0v) is 14.3. The van der Waals surface area contributed by atoms with E-state index in [-0.39, 0.29) is 5.75 Å². The van der Waals surface area contributed by atoms with Gasteiger partial charge in [0.2, 0.25) is 0 Å². The first-order chi connectivity index (χ1) is 10.5. The van der Waals surface area contributed by atoms with Crippen molar-refractivity contribution in [2.45, 2.75) is 19.8 Å². The van der Waals surface area contributed by atoms with Gasteiger partial charge in [-0.1, -0.05) is 19.1 Å². The summed E-state index contributed by atoms with van der Waals surface area (Å²) < 4.78 is 28.1. The SMILES string of the molecule is CCCOc1ccccc1Nc1nc(CCS(C)(=O)=O)cs1. The Morgan fingerprint density at radius 3 is 2.82 bits per heavy atom. The largest absolute Gasteiger partial charge is 0.491 e. The highest BCUT2D eigenvalue weighted by Crippen LogP contribution is 2.29. The summed E-state index contributed by atoms with van der Waals surface area (Å²) in [6, 6.07) is 7.70. The fraction of sp³-hybridized carbons (Fsp3) is 0.400. The first-order valence-electron chi connectivity index (χ1n) is 7.09. The Labute approximate surface area is 135 Å². The molecule has 2 rings (SSSR count). The Balaban J connectivity index is 2.04. The number of para-hydroxylation sites is 2. The Bertz CT molecular complexity index is 711. The molecule has 5 nitrogen and oxygen atoms in total. The number of hydrogen-bond donors (Lipinski definition) is 1. The fourth-order valence-corrected chi connectivity index (χ4v) is 3.13. The standard InChI is InChI=1S/C15H20N2O3S2/c1-3-9-20-14-7-5-4-6-13(14)17-15-16-12(11-21-15)8-10-22(2,18)19/h4-7,11H,3,8-10H2,1-2H3,(H,16,17). The second-order valence-corrected chi connectivity index (χ2v) is 8.11. The van der Waals surface area contributed by atoms with Crippen molar-refractivity contribution in [3.8, 4) is 5.75 Å². The van der Waals surface area contributed by atoms with Crippen LogP contribution in [0.25, 0.3) is 0 Å². The first-order valence-corrected chi connectivity index (χ1v) is 10.0. The Morgan fingerprint density at radius 2 is 2.09 bits per heavy atom. The number of aromatic nitrogens is 1. The molecule has 2 aromatic rings. The van der Waals surface area contributed by atoms with Gasteiger partial charge in [-0.05, 0) is 18.6 Å². The molecule has 0 saturated carbocycles. The molecule has 7 heteroatoms. The average Bonchev–Trinajstić information content (AvgIpc) is 2.91. The van der Waals surface area contributed by atoms with Gasteiger partial charge in [-0.2, -0.15) is 0 Å². The molecule has 0 spiro atoms. The summed E-state index contributed by atoms with van der Waals surface area (Å²) in [6.07, 6.45) is 2.62. The van der Waals surface area contributed by atoms with Gasteiger partial charge in [0.1, 0.15) is 15.6 Å². The van der Waals surface area contributed by atoms with Crippen LogP contribution in [0.5, 0.6) is 5.75 Å². The molecule has 1 aromatic heterocycles. The van der Waals surface area contributed by atoms with Crippen LogP contribution in [0.2, 0.25) is 0 Å². The van der Waals surface area contributed by atoms with Gasteiger partial charge < -0.3 is 10.1 Å². The van der Waals surface area contributed by atoms with Crippen molar-refractivity contribution in [3.63, 3.8) is 0 Å². The van der Waals surface area contributed by atoms with E-state index in [0.29, 0.717) is 13.0 Å². The lowest BCUT2D eigenvalue weighted by atomic mass is 10.3. The molecule has 0 bridgehead atoms. The van der Waals surface area contributed by atoms with Crippen molar-refractivity contribution in [2.75, 3.05) is 23.9 Å². The number of aryl methyl sites for hydroxylation is 1. The fourth-order valence-electron chi connectivity index (χ4n) is 1.79. The number of benzene rings is 1. The van der Waals surface area contributed by atoms with Crippen LogP contribution in [-0.4, -0.2) is 32.0 Å². The molecule has 1 aromatic carbocycles. The lowest BCUT2D eigenvalue weighted by molar-refractivity contribution is 0.319. The monoisotopic (exact) mass is 340 g/mol. The van der Waals surface area contributed by atoms with E-state index in [1.54, 1.807) is 0 Å². The highest BCUT2D eigenvalue weighted by molar-refractivity contribution is 7.90. The molecular formula is C15H20N2O3S2. The number of rotatable bonds is 8. The summed E-state index contributed by atoms with van der Waals surface area (Å²) in [5.41, 5.74) is 1.64. The molecule has 0 saturated heterocycles. The van der Waals surface area contributed by atoms with E-state index in [1.807, 2.05) is 29.6 Å². The van der Waals surface area contributed by atoms with Crippen molar-refractivity contribution < 1.29 is 13.2 Å². The molecule has 0 atom stereocenters. The summed E-state index contributed by atoms with van der Waals surface area (Å²) in [4.78, 5) is 4.42. The minimum atomic E-state index is -2.96. The van der Waals surface area contributed by atoms with E-state index in [2.05, 4.69) is 17.2 Å². The van der Waals surface area contributed by atoms with Crippen LogP contribution in [0.1, 0.15) is 19.0 Å². The average molecular weight is 340 g/mol. The zero-order valence-electron chi connectivity index (χ0n) is 12.7. The molecule has 0 radical (unpaired) electrons. The van der Waals surface area contributed by atoms with Crippen LogP contribution in [0.15, 0.2) is 29.6 Å². The van der Waals surface area contributed by atoms with Crippen LogP contribution in [0, 0.1) is 0 Å². The van der Waals surface area contributed by atoms with Gasteiger partial charge in [0.25, 0.3) is 0 Å². The number of thiazole rings is 1. The lowest BCUT2D eigenvalue weighted by Crippen LogP contribution is -2.06. The minimum Gasteiger partial charge on any atom is -0.491 e. The Kier molecular flexibility index (Phi) is 5.79. The van der Waals surface area contributed by atoms with Gasteiger partial charge in [-0.25, -0.2) is 13.4 Å². The summed E-state index contributed by atoms with van der Waals surface area (Å²) in [6.45, 7) is 2.72. The number of ether oxygens (including phenoxy) is 1. The zero-order chi connectivity index (χ0) is 16.0. The molecular weight excluding hydrogens is 320 g/mol. The summed E-state index contributed by atoms with van der Waals surface area (Å²) >= 11 is 1.45. The second-order valence-electron chi connectivity index (χ2n) is 4.99. The Hall–Kier alpha value is -1.60. The van der Waals surface area contributed by atoms with Gasteiger partial charge in [-0.15, -0.1) is 11.3 Å². The van der Waals surface area contributed by atoms with Crippen LogP contribution >= 0.6 is 11.3 Å². The van der Waals surface area contributed by atoms with Crippen molar-refractivity contribution in [1.29, 1.82) is 0 Å². The van der Waals surface area contributed by atoms with Crippen molar-refractivity contribution in [3.05, 3.63) is 35.3 Å². The van der Waals surface area contributed by atoms with Crippen molar-refractivity contribution in [1.82, 2.24) is 4.98 Å². The molecule has 0 aliphatic heterocycles. The number of anilines is 2. The summed E-state index contributed by atoms with van der Waals surface area (Å²) in [7, 11) is -2.96. The maximum atomic E-state index is 11.2. The van der Waals surface area contributed by atoms with Crippen molar-refractivity contribution >= 4 is 32.0 Å². The molecule has 0 fully saturated rings. The van der Waals surface area contributed by atoms with E-state index in [9.17, 15) is 8.42 Å². The molecule has 0 aliphatic carbocycles. The van der Waals surface area contributed by atoms with Gasteiger partial charge in [0.15, 0.2) is 5.13 Å². The van der Waals surface area contributed by atoms with Crippen molar-refractivity contribution in [2.24, 2.45) is 0 Å². The number of sulfone groups is 1. The molecule has 1 heterocycles. The van der Waals surface area contributed by atoms with E-state index >= 15 is 0 Å². The van der Waals surface area contributed by atoms with E-state index in [4.69, 9.17) is 4.74 Å². The summed E-state index contributed by atoms with van der Waals surface area (Å²) in [5.74, 6) is 0.907. The van der Waals surface area contributed by atoms with Gasteiger partial charge in [0, 0.05) is 18.1 Å². The van der Waals surface area contributed by atoms with Crippen LogP contribution in [0.3, 0.4) is 0 Å². The number of hydrogen-bond acceptors (Lipinski definition) is 6. The third-order valence-electron chi connectivity index (χ3n) is 2.87. The van der Waals surface area contributed by atoms with E-state index < -0.39 is 9.84 Å². The topological polar surface area (TPSA) is 68.3 Å². The van der Waals surface area contributed by atoms with E-state index in [1.165, 1.54) is 17.6 Å². The molecule has 0 amide bonds. The van der Waals surface area contributed by atoms with E-state index in [0.717, 1.165) is 28.7 Å². The maximum absolute atomic E-state index is 11.2. The van der Waals surface area contributed by atoms with Gasteiger partial charge in [-0.3, -0.25) is 0 Å². The predicted molar refractivity (Wildman–Crippen MR) is 91.0 cm³/mol. The third-order valence-corrected chi connectivity index (χ3v) is 4.62. The highest BCUT2D eigenvalue weighted by Gasteiger charge is 2.09. The molecule has 120 valence electrons. The number of nitrogens with zero attached hydrogens (tertiary/aromatic N) is 1. The highest BCUT2D eigenvalue weighted by atomic mass is 32.2. The summed E-state index contributed by atoms with van der Waals surface area (Å²) in [5, 5.41) is 5.84. The van der Waals surface area contributed by atoms with Crippen LogP contribution in [0.4, 0.5) is 10.8 Å². The number of nitrogens with one attached hydrogen (secondary N) is 1.